The average molecular weight is 340 g/mol. The molecule has 0 spiro atoms. The number of hydrogen-bond acceptors (Lipinski definition) is 5. The predicted octanol–water partition coefficient (Wildman–Crippen LogP) is 1.98. The molecule has 1 saturated heterocycles. The molecule has 1 unspecified atom stereocenters. The summed E-state index contributed by atoms with van der Waals surface area (Å²) in [6.45, 7) is 5.35. The molecule has 6 heteroatoms. The number of aromatic nitrogens is 2. The molecule has 6 nitrogen and oxygen atoms in total. The zero-order chi connectivity index (χ0) is 17.2. The second-order valence-electron chi connectivity index (χ2n) is 6.93. The molecular weight excluding hydrogens is 316 g/mol. The largest absolute Gasteiger partial charge is 0.490 e. The molecule has 1 aromatic carbocycles. The van der Waals surface area contributed by atoms with Gasteiger partial charge in [0.2, 0.25) is 5.95 Å². The predicted molar refractivity (Wildman–Crippen MR) is 97.1 cm³/mol. The van der Waals surface area contributed by atoms with Crippen LogP contribution in [0.2, 0.25) is 0 Å². The fourth-order valence-corrected chi connectivity index (χ4v) is 3.58. The first-order valence-corrected chi connectivity index (χ1v) is 9.02. The SMILES string of the molecule is CC1Cc2cc(CNCc3cc(=O)[nH]c(N4CCCC4)n3)ccc2O1. The summed E-state index contributed by atoms with van der Waals surface area (Å²) in [6.07, 6.45) is 3.56. The molecule has 1 aromatic heterocycles. The van der Waals surface area contributed by atoms with Crippen LogP contribution in [0.3, 0.4) is 0 Å². The molecule has 4 rings (SSSR count). The number of benzene rings is 1. The fourth-order valence-electron chi connectivity index (χ4n) is 3.58. The quantitative estimate of drug-likeness (QED) is 0.871. The lowest BCUT2D eigenvalue weighted by Crippen LogP contribution is -2.25. The van der Waals surface area contributed by atoms with Gasteiger partial charge in [-0.1, -0.05) is 12.1 Å². The zero-order valence-corrected chi connectivity index (χ0v) is 14.5. The summed E-state index contributed by atoms with van der Waals surface area (Å²) in [5, 5.41) is 3.39. The molecular formula is C19H24N4O2. The van der Waals surface area contributed by atoms with Gasteiger partial charge in [0, 0.05) is 38.7 Å². The molecule has 25 heavy (non-hydrogen) atoms. The van der Waals surface area contributed by atoms with E-state index in [-0.39, 0.29) is 11.7 Å². The second kappa shape index (κ2) is 6.88. The molecule has 2 aliphatic rings. The van der Waals surface area contributed by atoms with Gasteiger partial charge in [-0.3, -0.25) is 9.78 Å². The summed E-state index contributed by atoms with van der Waals surface area (Å²) in [5.41, 5.74) is 3.19. The Morgan fingerprint density at radius 1 is 1.28 bits per heavy atom. The van der Waals surface area contributed by atoms with Crippen molar-refractivity contribution in [2.45, 2.75) is 45.4 Å². The second-order valence-corrected chi connectivity index (χ2v) is 6.93. The van der Waals surface area contributed by atoms with Crippen LogP contribution in [0.25, 0.3) is 0 Å². The van der Waals surface area contributed by atoms with E-state index < -0.39 is 0 Å². The number of ether oxygens (including phenoxy) is 1. The standard InChI is InChI=1S/C19H24N4O2/c1-13-8-15-9-14(4-5-17(15)25-13)11-20-12-16-10-18(24)22-19(21-16)23-6-2-3-7-23/h4-5,9-10,13,20H,2-3,6-8,11-12H2,1H3,(H,21,22,24). The lowest BCUT2D eigenvalue weighted by molar-refractivity contribution is 0.254. The maximum absolute atomic E-state index is 11.9. The number of nitrogens with one attached hydrogen (secondary N) is 2. The first-order chi connectivity index (χ1) is 12.2. The minimum atomic E-state index is -0.0858. The monoisotopic (exact) mass is 340 g/mol. The highest BCUT2D eigenvalue weighted by Gasteiger charge is 2.19. The van der Waals surface area contributed by atoms with Crippen molar-refractivity contribution in [1.82, 2.24) is 15.3 Å². The van der Waals surface area contributed by atoms with E-state index in [4.69, 9.17) is 4.74 Å². The van der Waals surface area contributed by atoms with Crippen molar-refractivity contribution < 1.29 is 4.74 Å². The van der Waals surface area contributed by atoms with Gasteiger partial charge < -0.3 is 15.0 Å². The molecule has 0 saturated carbocycles. The molecule has 2 aliphatic heterocycles. The summed E-state index contributed by atoms with van der Waals surface area (Å²) in [4.78, 5) is 21.5. The normalized spacial score (nSPS) is 19.1. The Morgan fingerprint density at radius 3 is 2.96 bits per heavy atom. The zero-order valence-electron chi connectivity index (χ0n) is 14.5. The van der Waals surface area contributed by atoms with Gasteiger partial charge in [-0.25, -0.2) is 4.98 Å². The van der Waals surface area contributed by atoms with E-state index in [0.29, 0.717) is 12.5 Å². The number of aromatic amines is 1. The molecule has 2 N–H and O–H groups in total. The van der Waals surface area contributed by atoms with Gasteiger partial charge in [0.1, 0.15) is 11.9 Å². The Bertz CT molecular complexity index is 811. The number of hydrogen-bond donors (Lipinski definition) is 2. The van der Waals surface area contributed by atoms with Crippen LogP contribution in [0.4, 0.5) is 5.95 Å². The van der Waals surface area contributed by atoms with E-state index in [9.17, 15) is 4.79 Å². The van der Waals surface area contributed by atoms with Gasteiger partial charge in [-0.2, -0.15) is 0 Å². The van der Waals surface area contributed by atoms with E-state index in [2.05, 4.69) is 39.2 Å². The average Bonchev–Trinajstić information content (AvgIpc) is 3.22. The third-order valence-corrected chi connectivity index (χ3v) is 4.78. The molecule has 2 aromatic rings. The lowest BCUT2D eigenvalue weighted by Gasteiger charge is -2.16. The van der Waals surface area contributed by atoms with E-state index in [1.54, 1.807) is 6.07 Å². The maximum atomic E-state index is 11.9. The number of anilines is 1. The highest BCUT2D eigenvalue weighted by molar-refractivity contribution is 5.40. The topological polar surface area (TPSA) is 70.2 Å². The first kappa shape index (κ1) is 16.1. The van der Waals surface area contributed by atoms with Crippen molar-refractivity contribution in [1.29, 1.82) is 0 Å². The Labute approximate surface area is 147 Å². The number of nitrogens with zero attached hydrogens (tertiary/aromatic N) is 2. The summed E-state index contributed by atoms with van der Waals surface area (Å²) in [5.74, 6) is 1.70. The molecule has 1 atom stereocenters. The summed E-state index contributed by atoms with van der Waals surface area (Å²) in [6, 6.07) is 7.91. The van der Waals surface area contributed by atoms with Crippen LogP contribution in [0.15, 0.2) is 29.1 Å². The van der Waals surface area contributed by atoms with Crippen molar-refractivity contribution in [2.75, 3.05) is 18.0 Å². The van der Waals surface area contributed by atoms with Crippen LogP contribution >= 0.6 is 0 Å². The van der Waals surface area contributed by atoms with E-state index in [1.165, 1.54) is 11.1 Å². The molecule has 0 aliphatic carbocycles. The number of rotatable bonds is 5. The fraction of sp³-hybridized carbons (Fsp3) is 0.474. The third kappa shape index (κ3) is 3.69. The Balaban J connectivity index is 1.39. The van der Waals surface area contributed by atoms with Crippen LogP contribution in [-0.2, 0) is 19.5 Å². The van der Waals surface area contributed by atoms with Crippen LogP contribution < -0.4 is 20.5 Å². The third-order valence-electron chi connectivity index (χ3n) is 4.78. The Morgan fingerprint density at radius 2 is 2.12 bits per heavy atom. The van der Waals surface area contributed by atoms with Crippen LogP contribution in [0.1, 0.15) is 36.6 Å². The minimum Gasteiger partial charge on any atom is -0.490 e. The molecule has 0 bridgehead atoms. The van der Waals surface area contributed by atoms with Gasteiger partial charge in [0.15, 0.2) is 0 Å². The van der Waals surface area contributed by atoms with Crippen molar-refractivity contribution in [3.8, 4) is 5.75 Å². The molecule has 0 radical (unpaired) electrons. The Hall–Kier alpha value is -2.34. The van der Waals surface area contributed by atoms with E-state index in [1.807, 2.05) is 6.07 Å². The molecule has 132 valence electrons. The summed E-state index contributed by atoms with van der Waals surface area (Å²) >= 11 is 0. The van der Waals surface area contributed by atoms with Crippen molar-refractivity contribution in [3.63, 3.8) is 0 Å². The smallest absolute Gasteiger partial charge is 0.252 e. The summed E-state index contributed by atoms with van der Waals surface area (Å²) in [7, 11) is 0. The maximum Gasteiger partial charge on any atom is 0.252 e. The Kier molecular flexibility index (Phi) is 4.44. The van der Waals surface area contributed by atoms with Gasteiger partial charge >= 0.3 is 0 Å². The van der Waals surface area contributed by atoms with Gasteiger partial charge in [-0.15, -0.1) is 0 Å². The lowest BCUT2D eigenvalue weighted by atomic mass is 10.1. The van der Waals surface area contributed by atoms with Crippen LogP contribution in [-0.4, -0.2) is 29.2 Å². The molecule has 1 fully saturated rings. The van der Waals surface area contributed by atoms with Gasteiger partial charge in [0.05, 0.1) is 5.69 Å². The van der Waals surface area contributed by atoms with Crippen molar-refractivity contribution in [2.24, 2.45) is 0 Å². The molecule has 0 amide bonds. The minimum absolute atomic E-state index is 0.0858. The highest BCUT2D eigenvalue weighted by Crippen LogP contribution is 2.29. The summed E-state index contributed by atoms with van der Waals surface area (Å²) < 4.78 is 5.74. The van der Waals surface area contributed by atoms with Crippen molar-refractivity contribution >= 4 is 5.95 Å². The van der Waals surface area contributed by atoms with Gasteiger partial charge in [-0.05, 0) is 37.0 Å². The van der Waals surface area contributed by atoms with Crippen LogP contribution in [0.5, 0.6) is 5.75 Å². The van der Waals surface area contributed by atoms with Crippen molar-refractivity contribution in [3.05, 3.63) is 51.4 Å². The molecule has 3 heterocycles. The van der Waals surface area contributed by atoms with E-state index in [0.717, 1.165) is 50.3 Å². The number of H-pyrrole nitrogens is 1. The number of fused-ring (bicyclic) bond motifs is 1. The van der Waals surface area contributed by atoms with Crippen LogP contribution in [0, 0.1) is 0 Å². The van der Waals surface area contributed by atoms with Gasteiger partial charge in [0.25, 0.3) is 5.56 Å². The van der Waals surface area contributed by atoms with E-state index >= 15 is 0 Å². The first-order valence-electron chi connectivity index (χ1n) is 9.02. The highest BCUT2D eigenvalue weighted by atomic mass is 16.5.